The monoisotopic (exact) mass is 376 g/mol. The van der Waals surface area contributed by atoms with E-state index in [0.29, 0.717) is 25.0 Å². The van der Waals surface area contributed by atoms with E-state index in [2.05, 4.69) is 20.4 Å². The second-order valence-corrected chi connectivity index (χ2v) is 10.2. The summed E-state index contributed by atoms with van der Waals surface area (Å²) in [6.07, 6.45) is 2.09. The van der Waals surface area contributed by atoms with E-state index in [1.807, 2.05) is 6.92 Å². The molecule has 0 aromatic heterocycles. The number of hydrogen-bond acceptors (Lipinski definition) is 5. The van der Waals surface area contributed by atoms with Crippen molar-refractivity contribution < 1.29 is 24.5 Å². The van der Waals surface area contributed by atoms with E-state index in [1.165, 1.54) is 0 Å². The Morgan fingerprint density at radius 2 is 1.96 bits per heavy atom. The van der Waals surface area contributed by atoms with E-state index in [0.717, 1.165) is 19.3 Å². The number of carbonyl (C=O) groups is 1. The molecule has 4 aliphatic carbocycles. The first-order valence-corrected chi connectivity index (χ1v) is 10.6. The molecule has 0 aromatic carbocycles. The van der Waals surface area contributed by atoms with E-state index in [9.17, 15) is 15.0 Å². The molecule has 2 aliphatic heterocycles. The van der Waals surface area contributed by atoms with Gasteiger partial charge in [0.15, 0.2) is 12.1 Å². The maximum atomic E-state index is 13.5. The second kappa shape index (κ2) is 5.44. The summed E-state index contributed by atoms with van der Waals surface area (Å²) in [5.41, 5.74) is -0.864. The van der Waals surface area contributed by atoms with Crippen molar-refractivity contribution in [3.8, 4) is 0 Å². The van der Waals surface area contributed by atoms with Crippen molar-refractivity contribution in [1.29, 1.82) is 0 Å². The van der Waals surface area contributed by atoms with Crippen molar-refractivity contribution in [2.24, 2.45) is 34.0 Å². The molecule has 2 saturated heterocycles. The van der Waals surface area contributed by atoms with Crippen molar-refractivity contribution in [1.82, 2.24) is 0 Å². The molecule has 6 rings (SSSR count). The lowest BCUT2D eigenvalue weighted by molar-refractivity contribution is -0.396. The number of ether oxygens (including phenoxy) is 2. The van der Waals surface area contributed by atoms with Gasteiger partial charge in [-0.15, -0.1) is 0 Å². The van der Waals surface area contributed by atoms with E-state index >= 15 is 0 Å². The number of Topliss-reactive ketones (excluding diaryl/α,β-unsaturated/α-hetero) is 1. The predicted octanol–water partition coefficient (Wildman–Crippen LogP) is 2.45. The summed E-state index contributed by atoms with van der Waals surface area (Å²) in [5, 5.41) is 22.1. The molecule has 27 heavy (non-hydrogen) atoms. The molecule has 2 spiro atoms. The fraction of sp³-hybridized carbons (Fsp3) is 0.864. The van der Waals surface area contributed by atoms with Gasteiger partial charge in [0.25, 0.3) is 0 Å². The number of hydrogen-bond donors (Lipinski definition) is 2. The SMILES string of the molecule is C=C1C(=O)[C@]23[C@H](O)[C@H]1CC[C@H]2[C@]12CC[C@H](O)C(C)(C)[C@H]1C[C@H]3O[C@@H]2OCC. The van der Waals surface area contributed by atoms with Gasteiger partial charge < -0.3 is 19.7 Å². The molecule has 2 N–H and O–H groups in total. The molecule has 0 aromatic rings. The summed E-state index contributed by atoms with van der Waals surface area (Å²) in [6, 6.07) is 0. The van der Waals surface area contributed by atoms with Gasteiger partial charge >= 0.3 is 0 Å². The third-order valence-electron chi connectivity index (χ3n) is 9.28. The van der Waals surface area contributed by atoms with Crippen molar-refractivity contribution in [2.45, 2.75) is 77.5 Å². The van der Waals surface area contributed by atoms with E-state index < -0.39 is 11.5 Å². The number of carbonyl (C=O) groups excluding carboxylic acids is 1. The zero-order chi connectivity index (χ0) is 19.4. The Morgan fingerprint density at radius 1 is 1.22 bits per heavy atom. The highest BCUT2D eigenvalue weighted by atomic mass is 16.7. The van der Waals surface area contributed by atoms with E-state index in [1.54, 1.807) is 0 Å². The lowest BCUT2D eigenvalue weighted by Crippen LogP contribution is -2.77. The molecule has 2 heterocycles. The van der Waals surface area contributed by atoms with Crippen LogP contribution in [0.1, 0.15) is 52.9 Å². The van der Waals surface area contributed by atoms with Gasteiger partial charge in [-0.25, -0.2) is 0 Å². The van der Waals surface area contributed by atoms with Crippen LogP contribution in [0.2, 0.25) is 0 Å². The Hall–Kier alpha value is -0.750. The highest BCUT2D eigenvalue weighted by Crippen LogP contribution is 2.75. The lowest BCUT2D eigenvalue weighted by atomic mass is 9.37. The Morgan fingerprint density at radius 3 is 2.67 bits per heavy atom. The highest BCUT2D eigenvalue weighted by Gasteiger charge is 2.80. The topological polar surface area (TPSA) is 76.0 Å². The van der Waals surface area contributed by atoms with E-state index in [4.69, 9.17) is 9.47 Å². The van der Waals surface area contributed by atoms with Gasteiger partial charge in [0.1, 0.15) is 0 Å². The number of aliphatic hydroxyl groups is 2. The molecule has 5 nitrogen and oxygen atoms in total. The van der Waals surface area contributed by atoms with Gasteiger partial charge in [-0.3, -0.25) is 4.79 Å². The fourth-order valence-electron chi connectivity index (χ4n) is 8.10. The third kappa shape index (κ3) is 1.79. The molecule has 0 unspecified atom stereocenters. The first-order chi connectivity index (χ1) is 12.7. The number of rotatable bonds is 2. The Kier molecular flexibility index (Phi) is 3.68. The second-order valence-electron chi connectivity index (χ2n) is 10.2. The van der Waals surface area contributed by atoms with Crippen LogP contribution < -0.4 is 0 Å². The molecular formula is C22H32O5. The highest BCUT2D eigenvalue weighted by molar-refractivity contribution is 6.04. The quantitative estimate of drug-likeness (QED) is 0.724. The largest absolute Gasteiger partial charge is 0.393 e. The standard InChI is InChI=1S/C22H32O5/c1-5-26-19-21-9-8-15(23)20(3,4)14(21)10-16(27-19)22-13(21)7-6-12(18(22)25)11(2)17(22)24/h12-16,18-19,23,25H,2,5-10H2,1,3-4H3/t12-,13-,14+,15-,16+,18+,19-,21+,22-/m0/s1. The molecule has 9 atom stereocenters. The van der Waals surface area contributed by atoms with Crippen molar-refractivity contribution in [3.05, 3.63) is 12.2 Å². The van der Waals surface area contributed by atoms with Crippen LogP contribution >= 0.6 is 0 Å². The summed E-state index contributed by atoms with van der Waals surface area (Å²) in [5.74, 6) is 0.150. The normalized spacial score (nSPS) is 55.4. The molecule has 5 heteroatoms. The van der Waals surface area contributed by atoms with Crippen LogP contribution in [0.5, 0.6) is 0 Å². The Labute approximate surface area is 161 Å². The van der Waals surface area contributed by atoms with Gasteiger partial charge in [-0.05, 0) is 61.9 Å². The first-order valence-electron chi connectivity index (χ1n) is 10.6. The van der Waals surface area contributed by atoms with Crippen LogP contribution in [0.4, 0.5) is 0 Å². The van der Waals surface area contributed by atoms with Crippen molar-refractivity contribution in [2.75, 3.05) is 6.61 Å². The van der Waals surface area contributed by atoms with Crippen LogP contribution in [0.3, 0.4) is 0 Å². The van der Waals surface area contributed by atoms with Crippen LogP contribution in [-0.2, 0) is 14.3 Å². The van der Waals surface area contributed by atoms with Crippen LogP contribution in [0, 0.1) is 34.0 Å². The Balaban J connectivity index is 1.71. The van der Waals surface area contributed by atoms with E-state index in [-0.39, 0.29) is 52.9 Å². The summed E-state index contributed by atoms with van der Waals surface area (Å²) in [6.45, 7) is 10.9. The molecule has 4 saturated carbocycles. The predicted molar refractivity (Wildman–Crippen MR) is 98.6 cm³/mol. The summed E-state index contributed by atoms with van der Waals surface area (Å²) in [4.78, 5) is 13.5. The fourth-order valence-corrected chi connectivity index (χ4v) is 8.10. The van der Waals surface area contributed by atoms with Gasteiger partial charge in [-0.2, -0.15) is 0 Å². The Bertz CT molecular complexity index is 701. The third-order valence-corrected chi connectivity index (χ3v) is 9.28. The minimum absolute atomic E-state index is 0.0313. The zero-order valence-corrected chi connectivity index (χ0v) is 16.6. The van der Waals surface area contributed by atoms with Crippen LogP contribution in [0.25, 0.3) is 0 Å². The van der Waals surface area contributed by atoms with Gasteiger partial charge in [0.2, 0.25) is 0 Å². The minimum atomic E-state index is -0.859. The summed E-state index contributed by atoms with van der Waals surface area (Å²) < 4.78 is 12.6. The lowest BCUT2D eigenvalue weighted by Gasteiger charge is -2.72. The molecule has 0 amide bonds. The zero-order valence-electron chi connectivity index (χ0n) is 16.6. The van der Waals surface area contributed by atoms with Crippen molar-refractivity contribution in [3.63, 3.8) is 0 Å². The van der Waals surface area contributed by atoms with Crippen LogP contribution in [0.15, 0.2) is 12.2 Å². The number of fused-ring (bicyclic) bond motifs is 2. The molecule has 4 bridgehead atoms. The van der Waals surface area contributed by atoms with Gasteiger partial charge in [0.05, 0.1) is 23.7 Å². The molecule has 6 aliphatic rings. The minimum Gasteiger partial charge on any atom is -0.393 e. The van der Waals surface area contributed by atoms with Crippen LogP contribution in [-0.4, -0.2) is 47.2 Å². The maximum Gasteiger partial charge on any atom is 0.170 e. The number of ketones is 1. The average Bonchev–Trinajstić information content (AvgIpc) is 2.74. The summed E-state index contributed by atoms with van der Waals surface area (Å²) >= 11 is 0. The first kappa shape index (κ1) is 18.3. The number of aliphatic hydroxyl groups excluding tert-OH is 2. The molecule has 0 radical (unpaired) electrons. The molecular weight excluding hydrogens is 344 g/mol. The molecule has 6 fully saturated rings. The summed E-state index contributed by atoms with van der Waals surface area (Å²) in [7, 11) is 0. The smallest absolute Gasteiger partial charge is 0.170 e. The molecule has 150 valence electrons. The maximum absolute atomic E-state index is 13.5. The van der Waals surface area contributed by atoms with Crippen molar-refractivity contribution >= 4 is 5.78 Å². The van der Waals surface area contributed by atoms with Gasteiger partial charge in [0, 0.05) is 17.9 Å². The average molecular weight is 376 g/mol. The van der Waals surface area contributed by atoms with Gasteiger partial charge in [-0.1, -0.05) is 20.4 Å².